The molecule has 0 aromatic carbocycles. The van der Waals surface area contributed by atoms with Gasteiger partial charge in [0, 0.05) is 6.04 Å². The van der Waals surface area contributed by atoms with Crippen LogP contribution in [0.25, 0.3) is 0 Å². The normalized spacial score (nSPS) is 22.4. The van der Waals surface area contributed by atoms with Gasteiger partial charge in [-0.15, -0.1) is 0 Å². The third kappa shape index (κ3) is 6.13. The Morgan fingerprint density at radius 1 is 0.900 bits per heavy atom. The highest BCUT2D eigenvalue weighted by atomic mass is 15.1. The summed E-state index contributed by atoms with van der Waals surface area (Å²) >= 11 is 0. The largest absolute Gasteiger partial charge is 0.314 e. The molecule has 2 nitrogen and oxygen atoms in total. The van der Waals surface area contributed by atoms with Gasteiger partial charge in [0.25, 0.3) is 0 Å². The molecule has 1 saturated carbocycles. The number of unbranched alkanes of at least 4 members (excludes halogenated alkanes) is 3. The van der Waals surface area contributed by atoms with E-state index in [1.807, 2.05) is 0 Å². The SMILES string of the molecule is CC(C)(C)C1CCN(CCCCCCNC2CC2)CC1. The minimum atomic E-state index is 0.515. The molecule has 2 aliphatic rings. The lowest BCUT2D eigenvalue weighted by Gasteiger charge is -2.38. The average Bonchev–Trinajstić information content (AvgIpc) is 3.21. The van der Waals surface area contributed by atoms with E-state index >= 15 is 0 Å². The maximum atomic E-state index is 3.61. The molecule has 20 heavy (non-hydrogen) atoms. The van der Waals surface area contributed by atoms with E-state index in [0.29, 0.717) is 5.41 Å². The van der Waals surface area contributed by atoms with Gasteiger partial charge >= 0.3 is 0 Å². The summed E-state index contributed by atoms with van der Waals surface area (Å²) in [5, 5.41) is 3.61. The zero-order valence-corrected chi connectivity index (χ0v) is 14.1. The fourth-order valence-electron chi connectivity index (χ4n) is 3.43. The molecule has 0 aromatic heterocycles. The van der Waals surface area contributed by atoms with Crippen LogP contribution >= 0.6 is 0 Å². The van der Waals surface area contributed by atoms with Gasteiger partial charge in [-0.25, -0.2) is 0 Å². The van der Waals surface area contributed by atoms with Crippen LogP contribution in [0.1, 0.15) is 72.1 Å². The molecule has 0 amide bonds. The molecule has 2 fully saturated rings. The van der Waals surface area contributed by atoms with Gasteiger partial charge in [-0.2, -0.15) is 0 Å². The summed E-state index contributed by atoms with van der Waals surface area (Å²) in [6.45, 7) is 12.5. The predicted octanol–water partition coefficient (Wildman–Crippen LogP) is 4.06. The summed E-state index contributed by atoms with van der Waals surface area (Å²) in [7, 11) is 0. The van der Waals surface area contributed by atoms with Crippen LogP contribution in [0.5, 0.6) is 0 Å². The summed E-state index contributed by atoms with van der Waals surface area (Å²) in [5.41, 5.74) is 0.515. The van der Waals surface area contributed by atoms with Crippen LogP contribution in [-0.4, -0.2) is 37.1 Å². The summed E-state index contributed by atoms with van der Waals surface area (Å²) in [6, 6.07) is 0.888. The van der Waals surface area contributed by atoms with Gasteiger partial charge in [-0.05, 0) is 76.0 Å². The van der Waals surface area contributed by atoms with Crippen molar-refractivity contribution in [1.82, 2.24) is 10.2 Å². The van der Waals surface area contributed by atoms with Gasteiger partial charge in [-0.1, -0.05) is 33.6 Å². The number of nitrogens with zero attached hydrogens (tertiary/aromatic N) is 1. The molecular formula is C18H36N2. The molecular weight excluding hydrogens is 244 g/mol. The Morgan fingerprint density at radius 2 is 1.55 bits per heavy atom. The molecule has 2 heteroatoms. The quantitative estimate of drug-likeness (QED) is 0.675. The molecule has 1 aliphatic heterocycles. The Balaban J connectivity index is 1.42. The van der Waals surface area contributed by atoms with Crippen molar-refractivity contribution < 1.29 is 0 Å². The van der Waals surface area contributed by atoms with Gasteiger partial charge in [0.05, 0.1) is 0 Å². The fourth-order valence-corrected chi connectivity index (χ4v) is 3.43. The summed E-state index contributed by atoms with van der Waals surface area (Å²) in [5.74, 6) is 0.937. The molecule has 0 atom stereocenters. The Morgan fingerprint density at radius 3 is 2.15 bits per heavy atom. The van der Waals surface area contributed by atoms with Crippen LogP contribution in [0, 0.1) is 11.3 Å². The molecule has 0 spiro atoms. The topological polar surface area (TPSA) is 15.3 Å². The maximum absolute atomic E-state index is 3.61. The number of rotatable bonds is 8. The van der Waals surface area contributed by atoms with Crippen LogP contribution in [0.15, 0.2) is 0 Å². The van der Waals surface area contributed by atoms with Gasteiger partial charge in [0.2, 0.25) is 0 Å². The molecule has 0 bridgehead atoms. The Hall–Kier alpha value is -0.0800. The Kier molecular flexibility index (Phi) is 6.35. The van der Waals surface area contributed by atoms with Crippen molar-refractivity contribution in [2.24, 2.45) is 11.3 Å². The molecule has 2 rings (SSSR count). The van der Waals surface area contributed by atoms with E-state index in [-0.39, 0.29) is 0 Å². The van der Waals surface area contributed by atoms with Crippen molar-refractivity contribution in [3.63, 3.8) is 0 Å². The van der Waals surface area contributed by atoms with Crippen LogP contribution < -0.4 is 5.32 Å². The van der Waals surface area contributed by atoms with Gasteiger partial charge in [0.1, 0.15) is 0 Å². The Bertz CT molecular complexity index is 257. The first-order valence-electron chi connectivity index (χ1n) is 9.01. The predicted molar refractivity (Wildman–Crippen MR) is 88.1 cm³/mol. The molecule has 1 aliphatic carbocycles. The summed E-state index contributed by atoms with van der Waals surface area (Å²) in [4.78, 5) is 2.70. The second-order valence-corrected chi connectivity index (χ2v) is 8.12. The highest BCUT2D eigenvalue weighted by molar-refractivity contribution is 4.81. The standard InChI is InChI=1S/C18H36N2/c1-18(2,3)16-10-14-20(15-11-16)13-7-5-4-6-12-19-17-8-9-17/h16-17,19H,4-15H2,1-3H3. The highest BCUT2D eigenvalue weighted by Gasteiger charge is 2.28. The molecule has 0 radical (unpaired) electrons. The lowest BCUT2D eigenvalue weighted by atomic mass is 9.75. The zero-order valence-electron chi connectivity index (χ0n) is 14.1. The third-order valence-electron chi connectivity index (χ3n) is 5.22. The fraction of sp³-hybridized carbons (Fsp3) is 1.00. The molecule has 1 saturated heterocycles. The molecule has 1 N–H and O–H groups in total. The van der Waals surface area contributed by atoms with E-state index < -0.39 is 0 Å². The smallest absolute Gasteiger partial charge is 0.00682 e. The number of piperidine rings is 1. The average molecular weight is 280 g/mol. The van der Waals surface area contributed by atoms with E-state index in [1.165, 1.54) is 77.5 Å². The maximum Gasteiger partial charge on any atom is 0.00682 e. The van der Waals surface area contributed by atoms with Crippen molar-refractivity contribution >= 4 is 0 Å². The van der Waals surface area contributed by atoms with Gasteiger partial charge in [-0.3, -0.25) is 0 Å². The van der Waals surface area contributed by atoms with E-state index in [2.05, 4.69) is 31.0 Å². The zero-order chi connectivity index (χ0) is 14.4. The first kappa shape index (κ1) is 16.3. The van der Waals surface area contributed by atoms with E-state index in [1.54, 1.807) is 0 Å². The van der Waals surface area contributed by atoms with Crippen molar-refractivity contribution in [2.75, 3.05) is 26.2 Å². The molecule has 118 valence electrons. The van der Waals surface area contributed by atoms with Gasteiger partial charge in [0.15, 0.2) is 0 Å². The summed E-state index contributed by atoms with van der Waals surface area (Å²) < 4.78 is 0. The van der Waals surface area contributed by atoms with Crippen LogP contribution in [-0.2, 0) is 0 Å². The van der Waals surface area contributed by atoms with E-state index in [9.17, 15) is 0 Å². The van der Waals surface area contributed by atoms with Crippen LogP contribution in [0.2, 0.25) is 0 Å². The monoisotopic (exact) mass is 280 g/mol. The third-order valence-corrected chi connectivity index (χ3v) is 5.22. The lowest BCUT2D eigenvalue weighted by Crippen LogP contribution is -2.38. The number of hydrogen-bond donors (Lipinski definition) is 1. The number of hydrogen-bond acceptors (Lipinski definition) is 2. The van der Waals surface area contributed by atoms with Crippen molar-refractivity contribution in [3.05, 3.63) is 0 Å². The van der Waals surface area contributed by atoms with Crippen molar-refractivity contribution in [1.29, 1.82) is 0 Å². The lowest BCUT2D eigenvalue weighted by molar-refractivity contribution is 0.111. The van der Waals surface area contributed by atoms with E-state index in [0.717, 1.165) is 12.0 Å². The second kappa shape index (κ2) is 7.79. The number of nitrogens with one attached hydrogen (secondary N) is 1. The summed E-state index contributed by atoms with van der Waals surface area (Å²) in [6.07, 6.45) is 11.3. The molecule has 0 unspecified atom stereocenters. The van der Waals surface area contributed by atoms with Crippen LogP contribution in [0.4, 0.5) is 0 Å². The highest BCUT2D eigenvalue weighted by Crippen LogP contribution is 2.34. The first-order valence-corrected chi connectivity index (χ1v) is 9.01. The Labute approximate surface area is 126 Å². The molecule has 0 aromatic rings. The number of likely N-dealkylation sites (tertiary alicyclic amines) is 1. The van der Waals surface area contributed by atoms with E-state index in [4.69, 9.17) is 0 Å². The minimum Gasteiger partial charge on any atom is -0.314 e. The van der Waals surface area contributed by atoms with Gasteiger partial charge < -0.3 is 10.2 Å². The molecule has 1 heterocycles. The second-order valence-electron chi connectivity index (χ2n) is 8.12. The van der Waals surface area contributed by atoms with Crippen molar-refractivity contribution in [3.8, 4) is 0 Å². The van der Waals surface area contributed by atoms with Crippen LogP contribution in [0.3, 0.4) is 0 Å². The minimum absolute atomic E-state index is 0.515. The van der Waals surface area contributed by atoms with Crippen molar-refractivity contribution in [2.45, 2.75) is 78.2 Å². The first-order chi connectivity index (χ1) is 9.55.